The number of methoxy groups -OCH3 is 1. The van der Waals surface area contributed by atoms with E-state index < -0.39 is 0 Å². The van der Waals surface area contributed by atoms with Gasteiger partial charge in [-0.3, -0.25) is 4.79 Å². The number of carbonyl (C=O) groups excluding carboxylic acids is 1. The molecule has 0 spiro atoms. The molecule has 27 heavy (non-hydrogen) atoms. The number of thioether (sulfide) groups is 1. The van der Waals surface area contributed by atoms with Crippen molar-refractivity contribution >= 4 is 17.7 Å². The Labute approximate surface area is 162 Å². The summed E-state index contributed by atoms with van der Waals surface area (Å²) < 4.78 is 10.8. The SMILES string of the molecule is COc1ccc(Cc2nnc(SCC(=O)N[C@H](C)c3ccccc3)o2)cc1. The third-order valence-electron chi connectivity index (χ3n) is 3.97. The minimum Gasteiger partial charge on any atom is -0.497 e. The van der Waals surface area contributed by atoms with Crippen LogP contribution in [0, 0.1) is 0 Å². The highest BCUT2D eigenvalue weighted by molar-refractivity contribution is 7.99. The number of aromatic nitrogens is 2. The first-order valence-corrected chi connectivity index (χ1v) is 9.55. The normalized spacial score (nSPS) is 11.8. The molecule has 3 rings (SSSR count). The highest BCUT2D eigenvalue weighted by atomic mass is 32.2. The average Bonchev–Trinajstić information content (AvgIpc) is 3.15. The number of rotatable bonds is 8. The summed E-state index contributed by atoms with van der Waals surface area (Å²) in [4.78, 5) is 12.1. The summed E-state index contributed by atoms with van der Waals surface area (Å²) in [7, 11) is 1.63. The molecule has 1 aromatic heterocycles. The number of amides is 1. The predicted molar refractivity (Wildman–Crippen MR) is 104 cm³/mol. The van der Waals surface area contributed by atoms with Gasteiger partial charge in [-0.25, -0.2) is 0 Å². The molecule has 0 aliphatic heterocycles. The molecule has 0 unspecified atom stereocenters. The zero-order valence-corrected chi connectivity index (χ0v) is 16.0. The molecule has 140 valence electrons. The summed E-state index contributed by atoms with van der Waals surface area (Å²) in [5, 5.41) is 11.4. The van der Waals surface area contributed by atoms with Gasteiger partial charge in [0.25, 0.3) is 5.22 Å². The van der Waals surface area contributed by atoms with Gasteiger partial charge in [0.1, 0.15) is 5.75 Å². The molecular formula is C20H21N3O3S. The van der Waals surface area contributed by atoms with E-state index in [0.717, 1.165) is 16.9 Å². The molecule has 1 atom stereocenters. The zero-order chi connectivity index (χ0) is 19.1. The topological polar surface area (TPSA) is 77.2 Å². The lowest BCUT2D eigenvalue weighted by Gasteiger charge is -2.13. The van der Waals surface area contributed by atoms with E-state index >= 15 is 0 Å². The van der Waals surface area contributed by atoms with Gasteiger partial charge in [0, 0.05) is 0 Å². The van der Waals surface area contributed by atoms with Gasteiger partial charge in [-0.2, -0.15) is 0 Å². The van der Waals surface area contributed by atoms with E-state index in [1.54, 1.807) is 7.11 Å². The highest BCUT2D eigenvalue weighted by Gasteiger charge is 2.13. The van der Waals surface area contributed by atoms with Crippen molar-refractivity contribution in [1.29, 1.82) is 0 Å². The first-order chi connectivity index (χ1) is 13.1. The van der Waals surface area contributed by atoms with Crippen LogP contribution in [0.15, 0.2) is 64.2 Å². The number of ether oxygens (including phenoxy) is 1. The summed E-state index contributed by atoms with van der Waals surface area (Å²) >= 11 is 1.23. The number of nitrogens with one attached hydrogen (secondary N) is 1. The molecule has 1 amide bonds. The summed E-state index contributed by atoms with van der Waals surface area (Å²) in [5.74, 6) is 1.46. The van der Waals surface area contributed by atoms with Crippen LogP contribution in [0.1, 0.15) is 30.0 Å². The third kappa shape index (κ3) is 5.59. The maximum atomic E-state index is 12.1. The van der Waals surface area contributed by atoms with Crippen molar-refractivity contribution in [2.24, 2.45) is 0 Å². The minimum atomic E-state index is -0.0775. The molecule has 0 aliphatic rings. The van der Waals surface area contributed by atoms with Gasteiger partial charge in [-0.1, -0.05) is 54.2 Å². The van der Waals surface area contributed by atoms with Crippen LogP contribution < -0.4 is 10.1 Å². The summed E-state index contributed by atoms with van der Waals surface area (Å²) in [6, 6.07) is 17.5. The first-order valence-electron chi connectivity index (χ1n) is 8.56. The summed E-state index contributed by atoms with van der Waals surface area (Å²) in [5.41, 5.74) is 2.11. The van der Waals surface area contributed by atoms with Crippen LogP contribution in [0.5, 0.6) is 5.75 Å². The molecule has 0 radical (unpaired) electrons. The van der Waals surface area contributed by atoms with Gasteiger partial charge in [-0.15, -0.1) is 10.2 Å². The molecule has 0 saturated heterocycles. The molecule has 0 aliphatic carbocycles. The molecule has 1 N–H and O–H groups in total. The van der Waals surface area contributed by atoms with E-state index in [1.165, 1.54) is 11.8 Å². The summed E-state index contributed by atoms with van der Waals surface area (Å²) in [6.45, 7) is 1.96. The van der Waals surface area contributed by atoms with Crippen LogP contribution in [0.3, 0.4) is 0 Å². The Morgan fingerprint density at radius 1 is 1.15 bits per heavy atom. The zero-order valence-electron chi connectivity index (χ0n) is 15.2. The van der Waals surface area contributed by atoms with E-state index in [9.17, 15) is 4.79 Å². The Bertz CT molecular complexity index is 866. The smallest absolute Gasteiger partial charge is 0.277 e. The largest absolute Gasteiger partial charge is 0.497 e. The van der Waals surface area contributed by atoms with Crippen molar-refractivity contribution in [1.82, 2.24) is 15.5 Å². The van der Waals surface area contributed by atoms with Crippen LogP contribution >= 0.6 is 11.8 Å². The van der Waals surface area contributed by atoms with E-state index in [-0.39, 0.29) is 17.7 Å². The van der Waals surface area contributed by atoms with Gasteiger partial charge in [0.2, 0.25) is 11.8 Å². The standard InChI is InChI=1S/C20H21N3O3S/c1-14(16-6-4-3-5-7-16)21-18(24)13-27-20-23-22-19(26-20)12-15-8-10-17(25-2)11-9-15/h3-11,14H,12-13H2,1-2H3,(H,21,24)/t14-/m1/s1. The molecule has 3 aromatic rings. The second kappa shape index (κ2) is 9.23. The first kappa shape index (κ1) is 19.0. The third-order valence-corrected chi connectivity index (χ3v) is 4.78. The number of carbonyl (C=O) groups is 1. The van der Waals surface area contributed by atoms with Crippen LogP contribution in [-0.4, -0.2) is 29.0 Å². The Morgan fingerprint density at radius 2 is 1.89 bits per heavy atom. The van der Waals surface area contributed by atoms with Crippen molar-refractivity contribution in [3.8, 4) is 5.75 Å². The quantitative estimate of drug-likeness (QED) is 0.599. The van der Waals surface area contributed by atoms with Crippen molar-refractivity contribution < 1.29 is 13.9 Å². The Balaban J connectivity index is 1.48. The fourth-order valence-electron chi connectivity index (χ4n) is 2.52. The van der Waals surface area contributed by atoms with Crippen molar-refractivity contribution in [2.75, 3.05) is 12.9 Å². The second-order valence-corrected chi connectivity index (χ2v) is 6.90. The number of nitrogens with zero attached hydrogens (tertiary/aromatic N) is 2. The van der Waals surface area contributed by atoms with Crippen LogP contribution in [0.4, 0.5) is 0 Å². The van der Waals surface area contributed by atoms with E-state index in [4.69, 9.17) is 9.15 Å². The van der Waals surface area contributed by atoms with Gasteiger partial charge in [-0.05, 0) is 30.2 Å². The van der Waals surface area contributed by atoms with E-state index in [2.05, 4.69) is 15.5 Å². The lowest BCUT2D eigenvalue weighted by Crippen LogP contribution is -2.28. The number of hydrogen-bond acceptors (Lipinski definition) is 6. The predicted octanol–water partition coefficient (Wildman–Crippen LogP) is 3.64. The molecule has 0 bridgehead atoms. The van der Waals surface area contributed by atoms with Crippen LogP contribution in [0.25, 0.3) is 0 Å². The van der Waals surface area contributed by atoms with E-state index in [1.807, 2.05) is 61.5 Å². The highest BCUT2D eigenvalue weighted by Crippen LogP contribution is 2.19. The molecule has 0 fully saturated rings. The Morgan fingerprint density at radius 3 is 2.59 bits per heavy atom. The molecule has 1 heterocycles. The molecule has 2 aromatic carbocycles. The lowest BCUT2D eigenvalue weighted by atomic mass is 10.1. The summed E-state index contributed by atoms with van der Waals surface area (Å²) in [6.07, 6.45) is 0.536. The average molecular weight is 383 g/mol. The van der Waals surface area contributed by atoms with Gasteiger partial charge in [0.15, 0.2) is 0 Å². The fourth-order valence-corrected chi connectivity index (χ4v) is 3.11. The molecule has 7 heteroatoms. The van der Waals surface area contributed by atoms with Crippen LogP contribution in [-0.2, 0) is 11.2 Å². The van der Waals surface area contributed by atoms with Gasteiger partial charge in [0.05, 0.1) is 25.3 Å². The molecule has 6 nitrogen and oxygen atoms in total. The Hall–Kier alpha value is -2.80. The second-order valence-electron chi connectivity index (χ2n) is 5.98. The van der Waals surface area contributed by atoms with Crippen molar-refractivity contribution in [2.45, 2.75) is 24.6 Å². The maximum Gasteiger partial charge on any atom is 0.277 e. The maximum absolute atomic E-state index is 12.1. The van der Waals surface area contributed by atoms with Gasteiger partial charge >= 0.3 is 0 Å². The molecular weight excluding hydrogens is 362 g/mol. The number of hydrogen-bond donors (Lipinski definition) is 1. The van der Waals surface area contributed by atoms with Gasteiger partial charge < -0.3 is 14.5 Å². The van der Waals surface area contributed by atoms with E-state index in [0.29, 0.717) is 17.5 Å². The van der Waals surface area contributed by atoms with Crippen molar-refractivity contribution in [3.63, 3.8) is 0 Å². The molecule has 0 saturated carbocycles. The van der Waals surface area contributed by atoms with Crippen molar-refractivity contribution in [3.05, 3.63) is 71.6 Å². The lowest BCUT2D eigenvalue weighted by molar-refractivity contribution is -0.119. The minimum absolute atomic E-state index is 0.0485. The number of benzene rings is 2. The Kier molecular flexibility index (Phi) is 6.49. The fraction of sp³-hybridized carbons (Fsp3) is 0.250. The van der Waals surface area contributed by atoms with Crippen LogP contribution in [0.2, 0.25) is 0 Å². The monoisotopic (exact) mass is 383 g/mol.